The van der Waals surface area contributed by atoms with Gasteiger partial charge in [-0.3, -0.25) is 9.78 Å². The summed E-state index contributed by atoms with van der Waals surface area (Å²) in [6.07, 6.45) is 1.22. The molecule has 2 rings (SSSR count). The zero-order valence-corrected chi connectivity index (χ0v) is 10.5. The van der Waals surface area contributed by atoms with Crippen molar-refractivity contribution in [2.24, 2.45) is 11.8 Å². The van der Waals surface area contributed by atoms with E-state index in [1.54, 1.807) is 4.90 Å². The van der Waals surface area contributed by atoms with Gasteiger partial charge in [0.2, 0.25) is 0 Å². The van der Waals surface area contributed by atoms with Crippen LogP contribution in [0.4, 0.5) is 0 Å². The van der Waals surface area contributed by atoms with Gasteiger partial charge in [-0.1, -0.05) is 13.8 Å². The van der Waals surface area contributed by atoms with Gasteiger partial charge in [0, 0.05) is 19.3 Å². The third kappa shape index (κ3) is 2.34. The molecule has 1 fully saturated rings. The van der Waals surface area contributed by atoms with Gasteiger partial charge in [-0.05, 0) is 24.0 Å². The molecule has 0 saturated carbocycles. The molecular weight excluding hydrogens is 232 g/mol. The molecule has 0 aromatic carbocycles. The molecule has 1 amide bonds. The molecular formula is C13H16N2O3. The van der Waals surface area contributed by atoms with E-state index >= 15 is 0 Å². The third-order valence-corrected chi connectivity index (χ3v) is 3.50. The summed E-state index contributed by atoms with van der Waals surface area (Å²) >= 11 is 0. The number of carbonyl (C=O) groups is 2. The number of hydrogen-bond donors (Lipinski definition) is 1. The topological polar surface area (TPSA) is 70.5 Å². The maximum Gasteiger partial charge on any atom is 0.337 e. The molecule has 1 saturated heterocycles. The van der Waals surface area contributed by atoms with Gasteiger partial charge < -0.3 is 10.0 Å². The molecule has 0 aliphatic carbocycles. The molecule has 5 nitrogen and oxygen atoms in total. The van der Waals surface area contributed by atoms with Gasteiger partial charge in [-0.2, -0.15) is 0 Å². The number of likely N-dealkylation sites (tertiary alicyclic amines) is 1. The fourth-order valence-corrected chi connectivity index (χ4v) is 2.10. The summed E-state index contributed by atoms with van der Waals surface area (Å²) in [4.78, 5) is 28.5. The Kier molecular flexibility index (Phi) is 3.32. The van der Waals surface area contributed by atoms with Crippen LogP contribution in [-0.2, 0) is 0 Å². The van der Waals surface area contributed by atoms with Crippen molar-refractivity contribution in [2.75, 3.05) is 13.1 Å². The highest BCUT2D eigenvalue weighted by Crippen LogP contribution is 2.23. The number of carboxylic acids is 1. The highest BCUT2D eigenvalue weighted by Gasteiger charge is 2.30. The molecule has 0 bridgehead atoms. The van der Waals surface area contributed by atoms with E-state index in [1.807, 2.05) is 0 Å². The lowest BCUT2D eigenvalue weighted by Crippen LogP contribution is -2.29. The Morgan fingerprint density at radius 3 is 2.33 bits per heavy atom. The van der Waals surface area contributed by atoms with E-state index in [2.05, 4.69) is 18.8 Å². The Hall–Kier alpha value is -1.91. The molecule has 18 heavy (non-hydrogen) atoms. The lowest BCUT2D eigenvalue weighted by molar-refractivity contribution is 0.0694. The van der Waals surface area contributed by atoms with E-state index in [9.17, 15) is 9.59 Å². The summed E-state index contributed by atoms with van der Waals surface area (Å²) in [6.45, 7) is 5.72. The summed E-state index contributed by atoms with van der Waals surface area (Å²) in [5, 5.41) is 8.76. The summed E-state index contributed by atoms with van der Waals surface area (Å²) < 4.78 is 0. The second-order valence-corrected chi connectivity index (χ2v) is 4.90. The van der Waals surface area contributed by atoms with Crippen LogP contribution in [0.5, 0.6) is 0 Å². The predicted octanol–water partition coefficient (Wildman–Crippen LogP) is 1.51. The molecule has 0 radical (unpaired) electrons. The van der Waals surface area contributed by atoms with Crippen molar-refractivity contribution < 1.29 is 14.7 Å². The van der Waals surface area contributed by atoms with Crippen LogP contribution in [-0.4, -0.2) is 40.0 Å². The van der Waals surface area contributed by atoms with Gasteiger partial charge in [-0.25, -0.2) is 4.79 Å². The van der Waals surface area contributed by atoms with Gasteiger partial charge in [-0.15, -0.1) is 0 Å². The number of nitrogens with zero attached hydrogens (tertiary/aromatic N) is 2. The van der Waals surface area contributed by atoms with E-state index in [4.69, 9.17) is 5.11 Å². The quantitative estimate of drug-likeness (QED) is 0.861. The molecule has 2 atom stereocenters. The molecule has 2 unspecified atom stereocenters. The summed E-state index contributed by atoms with van der Waals surface area (Å²) in [5.74, 6) is -0.174. The minimum atomic E-state index is -1.04. The maximum absolute atomic E-state index is 12.1. The van der Waals surface area contributed by atoms with Crippen LogP contribution < -0.4 is 0 Å². The second-order valence-electron chi connectivity index (χ2n) is 4.90. The van der Waals surface area contributed by atoms with E-state index < -0.39 is 5.97 Å². The van der Waals surface area contributed by atoms with Crippen LogP contribution in [0.15, 0.2) is 18.3 Å². The smallest absolute Gasteiger partial charge is 0.337 e. The van der Waals surface area contributed by atoms with Crippen molar-refractivity contribution in [3.05, 3.63) is 29.6 Å². The van der Waals surface area contributed by atoms with Gasteiger partial charge >= 0.3 is 5.97 Å². The largest absolute Gasteiger partial charge is 0.478 e. The van der Waals surface area contributed by atoms with Gasteiger partial charge in [0.05, 0.1) is 5.56 Å². The number of aromatic carboxylic acids is 1. The first kappa shape index (κ1) is 12.5. The molecule has 2 heterocycles. The van der Waals surface area contributed by atoms with Crippen molar-refractivity contribution in [1.82, 2.24) is 9.88 Å². The van der Waals surface area contributed by atoms with E-state index in [0.29, 0.717) is 17.5 Å². The van der Waals surface area contributed by atoms with Crippen LogP contribution >= 0.6 is 0 Å². The minimum Gasteiger partial charge on any atom is -0.478 e. The first-order chi connectivity index (χ1) is 8.49. The monoisotopic (exact) mass is 248 g/mol. The second kappa shape index (κ2) is 4.76. The number of carboxylic acid groups (broad SMARTS) is 1. The van der Waals surface area contributed by atoms with Gasteiger partial charge in [0.15, 0.2) is 0 Å². The Bertz CT molecular complexity index is 460. The number of amides is 1. The Morgan fingerprint density at radius 1 is 1.28 bits per heavy atom. The molecule has 1 aromatic heterocycles. The van der Waals surface area contributed by atoms with E-state index in [-0.39, 0.29) is 11.5 Å². The van der Waals surface area contributed by atoms with Gasteiger partial charge in [0.1, 0.15) is 5.69 Å². The van der Waals surface area contributed by atoms with Crippen LogP contribution in [0.1, 0.15) is 34.7 Å². The molecule has 1 aliphatic rings. The average Bonchev–Trinajstić information content (AvgIpc) is 2.69. The van der Waals surface area contributed by atoms with Crippen molar-refractivity contribution >= 4 is 11.9 Å². The third-order valence-electron chi connectivity index (χ3n) is 3.50. The van der Waals surface area contributed by atoms with Crippen molar-refractivity contribution in [3.63, 3.8) is 0 Å². The zero-order chi connectivity index (χ0) is 13.3. The molecule has 96 valence electrons. The summed E-state index contributed by atoms with van der Waals surface area (Å²) in [5.41, 5.74) is 0.399. The van der Waals surface area contributed by atoms with E-state index in [1.165, 1.54) is 18.3 Å². The fraction of sp³-hybridized carbons (Fsp3) is 0.462. The van der Waals surface area contributed by atoms with Crippen LogP contribution in [0, 0.1) is 11.8 Å². The number of pyridine rings is 1. The first-order valence-electron chi connectivity index (χ1n) is 5.97. The zero-order valence-electron chi connectivity index (χ0n) is 10.5. The highest BCUT2D eigenvalue weighted by molar-refractivity contribution is 5.94. The molecule has 1 aliphatic heterocycles. The maximum atomic E-state index is 12.1. The number of hydrogen-bond acceptors (Lipinski definition) is 3. The summed E-state index contributed by atoms with van der Waals surface area (Å²) in [7, 11) is 0. The number of carbonyl (C=O) groups excluding carboxylic acids is 1. The van der Waals surface area contributed by atoms with Crippen molar-refractivity contribution in [1.29, 1.82) is 0 Å². The highest BCUT2D eigenvalue weighted by atomic mass is 16.4. The molecule has 0 spiro atoms. The Morgan fingerprint density at radius 2 is 1.89 bits per heavy atom. The van der Waals surface area contributed by atoms with Crippen LogP contribution in [0.3, 0.4) is 0 Å². The van der Waals surface area contributed by atoms with Crippen LogP contribution in [0.2, 0.25) is 0 Å². The van der Waals surface area contributed by atoms with E-state index in [0.717, 1.165) is 13.1 Å². The molecule has 1 aromatic rings. The first-order valence-corrected chi connectivity index (χ1v) is 5.97. The number of rotatable bonds is 2. The molecule has 5 heteroatoms. The minimum absolute atomic E-state index is 0.0923. The normalized spacial score (nSPS) is 23.1. The lowest BCUT2D eigenvalue weighted by atomic mass is 10.0. The Balaban J connectivity index is 2.12. The standard InChI is InChI=1S/C13H16N2O3/c1-8-6-15(7-9(8)2)12(16)11-4-3-10(5-14-11)13(17)18/h3-5,8-9H,6-7H2,1-2H3,(H,17,18). The predicted molar refractivity (Wildman–Crippen MR) is 65.4 cm³/mol. The lowest BCUT2D eigenvalue weighted by Gasteiger charge is -2.15. The fourth-order valence-electron chi connectivity index (χ4n) is 2.10. The average molecular weight is 248 g/mol. The number of aromatic nitrogens is 1. The molecule has 1 N–H and O–H groups in total. The van der Waals surface area contributed by atoms with Crippen molar-refractivity contribution in [2.45, 2.75) is 13.8 Å². The Labute approximate surface area is 105 Å². The van der Waals surface area contributed by atoms with Crippen molar-refractivity contribution in [3.8, 4) is 0 Å². The van der Waals surface area contributed by atoms with Gasteiger partial charge in [0.25, 0.3) is 5.91 Å². The summed E-state index contributed by atoms with van der Waals surface area (Å²) in [6, 6.07) is 2.88. The SMILES string of the molecule is CC1CN(C(=O)c2ccc(C(=O)O)cn2)CC1C. The van der Waals surface area contributed by atoms with Crippen LogP contribution in [0.25, 0.3) is 0 Å².